The Hall–Kier alpha value is -7.56. The summed E-state index contributed by atoms with van der Waals surface area (Å²) in [5.41, 5.74) is 16.4. The van der Waals surface area contributed by atoms with Crippen molar-refractivity contribution in [2.24, 2.45) is 0 Å². The van der Waals surface area contributed by atoms with Crippen molar-refractivity contribution >= 4 is 101 Å². The summed E-state index contributed by atoms with van der Waals surface area (Å²) in [6.45, 7) is 15.0. The van der Waals surface area contributed by atoms with Crippen LogP contribution in [0, 0.1) is 41.5 Å². The molecule has 0 saturated carbocycles. The number of rotatable bonds is 8. The van der Waals surface area contributed by atoms with E-state index in [0.717, 1.165) is 90.7 Å². The molecule has 0 radical (unpaired) electrons. The monoisotopic (exact) mass is 830 g/mol. The molecule has 1 aliphatic carbocycles. The Bertz CT molecular complexity index is 3580. The zero-order valence-corrected chi connectivity index (χ0v) is 37.5. The van der Waals surface area contributed by atoms with Gasteiger partial charge < -0.3 is 18.6 Å². The highest BCUT2D eigenvalue weighted by atomic mass is 16.3. The molecule has 0 amide bonds. The lowest BCUT2D eigenvalue weighted by atomic mass is 9.91. The highest BCUT2D eigenvalue weighted by molar-refractivity contribution is 6.28. The molecule has 2 heterocycles. The summed E-state index contributed by atoms with van der Waals surface area (Å²) in [5.74, 6) is 1.78. The van der Waals surface area contributed by atoms with Crippen molar-refractivity contribution in [1.82, 2.24) is 0 Å². The summed E-state index contributed by atoms with van der Waals surface area (Å²) in [7, 11) is 0. The Balaban J connectivity index is 1.18. The van der Waals surface area contributed by atoms with Crippen molar-refractivity contribution in [2.45, 2.75) is 54.9 Å². The summed E-state index contributed by atoms with van der Waals surface area (Å²) < 4.78 is 13.7. The zero-order valence-electron chi connectivity index (χ0n) is 37.5. The van der Waals surface area contributed by atoms with E-state index in [1.165, 1.54) is 54.6 Å². The van der Waals surface area contributed by atoms with Crippen LogP contribution in [0.5, 0.6) is 0 Å². The number of allylic oxidation sites excluding steroid dienone is 5. The van der Waals surface area contributed by atoms with Gasteiger partial charge in [0.2, 0.25) is 0 Å². The van der Waals surface area contributed by atoms with E-state index < -0.39 is 0 Å². The van der Waals surface area contributed by atoms with Gasteiger partial charge in [0.25, 0.3) is 0 Å². The second-order valence-electron chi connectivity index (χ2n) is 17.6. The van der Waals surface area contributed by atoms with Crippen molar-refractivity contribution in [3.63, 3.8) is 0 Å². The van der Waals surface area contributed by atoms with Crippen LogP contribution in [0.4, 0.5) is 28.4 Å². The van der Waals surface area contributed by atoms with Gasteiger partial charge in [0.15, 0.2) is 11.3 Å². The molecule has 0 fully saturated rings. The normalized spacial score (nSPS) is 13.1. The third-order valence-electron chi connectivity index (χ3n) is 12.9. The molecule has 1 aliphatic rings. The van der Waals surface area contributed by atoms with E-state index >= 15 is 0 Å². The third-order valence-corrected chi connectivity index (χ3v) is 12.9. The first kappa shape index (κ1) is 39.3. The summed E-state index contributed by atoms with van der Waals surface area (Å²) in [6, 6.07) is 45.1. The molecule has 10 aromatic rings. The van der Waals surface area contributed by atoms with E-state index in [4.69, 9.17) is 8.83 Å². The van der Waals surface area contributed by atoms with Gasteiger partial charge in [0.05, 0.1) is 22.8 Å². The summed E-state index contributed by atoms with van der Waals surface area (Å²) in [6.07, 6.45) is 15.9. The largest absolute Gasteiger partial charge is 0.459 e. The molecule has 0 spiro atoms. The van der Waals surface area contributed by atoms with E-state index in [-0.39, 0.29) is 0 Å². The Morgan fingerprint density at radius 1 is 0.531 bits per heavy atom. The smallest absolute Gasteiger partial charge is 0.159 e. The number of benzene rings is 8. The number of aryl methyl sites for hydroxylation is 6. The van der Waals surface area contributed by atoms with Gasteiger partial charge in [-0.1, -0.05) is 121 Å². The van der Waals surface area contributed by atoms with Gasteiger partial charge >= 0.3 is 0 Å². The minimum atomic E-state index is 0.785. The maximum atomic E-state index is 6.95. The van der Waals surface area contributed by atoms with Crippen LogP contribution in [0.1, 0.15) is 63.8 Å². The minimum Gasteiger partial charge on any atom is -0.459 e. The van der Waals surface area contributed by atoms with Crippen LogP contribution in [0.3, 0.4) is 0 Å². The molecular weight excluding hydrogens is 781 g/mol. The molecule has 0 atom stereocenters. The third kappa shape index (κ3) is 6.35. The van der Waals surface area contributed by atoms with Gasteiger partial charge in [-0.2, -0.15) is 0 Å². The fraction of sp³-hybridized carbons (Fsp3) is 0.133. The zero-order chi connectivity index (χ0) is 43.8. The van der Waals surface area contributed by atoms with Crippen molar-refractivity contribution in [3.8, 4) is 0 Å². The molecule has 0 N–H and O–H groups in total. The Morgan fingerprint density at radius 2 is 1.12 bits per heavy atom. The van der Waals surface area contributed by atoms with Crippen molar-refractivity contribution < 1.29 is 8.83 Å². The van der Waals surface area contributed by atoms with Crippen LogP contribution < -0.4 is 9.80 Å². The Kier molecular flexibility index (Phi) is 9.43. The van der Waals surface area contributed by atoms with Crippen LogP contribution in [0.2, 0.25) is 0 Å². The molecule has 0 unspecified atom stereocenters. The average Bonchev–Trinajstić information content (AvgIpc) is 3.73. The van der Waals surface area contributed by atoms with Gasteiger partial charge in [0, 0.05) is 44.0 Å². The van der Waals surface area contributed by atoms with Crippen LogP contribution >= 0.6 is 0 Å². The predicted octanol–water partition coefficient (Wildman–Crippen LogP) is 17.6. The number of nitrogens with zero attached hydrogens (tertiary/aromatic N) is 2. The van der Waals surface area contributed by atoms with Crippen LogP contribution in [-0.4, -0.2) is 0 Å². The molecule has 11 rings (SSSR count). The van der Waals surface area contributed by atoms with E-state index in [0.29, 0.717) is 0 Å². The first-order chi connectivity index (χ1) is 31.2. The van der Waals surface area contributed by atoms with Crippen LogP contribution in [0.15, 0.2) is 161 Å². The second-order valence-corrected chi connectivity index (χ2v) is 17.6. The SMILES string of the molecule is C/C=C/C=C\c1c(C)oc2c(N(c3cc(C)cc(C)c3)c3ccc4ccc5c(N(C6=CCC=Cc7c6oc6c(C)cccc76)c6cc(C)cc(C)c6)ccc6ccc3c4c65)cccc12. The van der Waals surface area contributed by atoms with E-state index in [1.54, 1.807) is 0 Å². The minimum absolute atomic E-state index is 0.785. The highest BCUT2D eigenvalue weighted by Crippen LogP contribution is 2.50. The standard InChI is InChI=1S/C60H50N2O2/c1-8-9-10-16-46-41(7)63-59-47(46)19-14-21-55(59)62(45-34-38(4)31-39(5)35-45)53-29-25-43-22-26-50-52(28-24-42-23-27-51(53)57(43)56(42)50)61(44-32-36(2)30-37(3)33-44)54-20-12-11-17-49-48-18-13-15-40(6)58(48)64-60(49)54/h8-11,13-35H,12H2,1-7H3/b9-8+,16-10-. The number of anilines is 5. The lowest BCUT2D eigenvalue weighted by Gasteiger charge is -2.30. The van der Waals surface area contributed by atoms with E-state index in [2.05, 4.69) is 209 Å². The molecule has 4 heteroatoms. The first-order valence-corrected chi connectivity index (χ1v) is 22.3. The van der Waals surface area contributed by atoms with Gasteiger partial charge in [0.1, 0.15) is 11.3 Å². The maximum absolute atomic E-state index is 6.95. The van der Waals surface area contributed by atoms with Gasteiger partial charge in [-0.25, -0.2) is 0 Å². The molecular formula is C60H50N2O2. The fourth-order valence-corrected chi connectivity index (χ4v) is 10.3. The summed E-state index contributed by atoms with van der Waals surface area (Å²) in [4.78, 5) is 4.86. The number of furan rings is 2. The topological polar surface area (TPSA) is 32.8 Å². The molecule has 0 saturated heterocycles. The number of hydrogen-bond acceptors (Lipinski definition) is 4. The van der Waals surface area contributed by atoms with Crippen molar-refractivity contribution in [2.75, 3.05) is 9.80 Å². The number of hydrogen-bond donors (Lipinski definition) is 0. The molecule has 64 heavy (non-hydrogen) atoms. The summed E-state index contributed by atoms with van der Waals surface area (Å²) in [5, 5.41) is 9.44. The Labute approximate surface area is 374 Å². The van der Waals surface area contributed by atoms with Crippen molar-refractivity contribution in [3.05, 3.63) is 202 Å². The van der Waals surface area contributed by atoms with E-state index in [9.17, 15) is 0 Å². The quantitative estimate of drug-likeness (QED) is 0.113. The van der Waals surface area contributed by atoms with Crippen molar-refractivity contribution in [1.29, 1.82) is 0 Å². The number of para-hydroxylation sites is 2. The lowest BCUT2D eigenvalue weighted by molar-refractivity contribution is 0.578. The molecule has 0 bridgehead atoms. The van der Waals surface area contributed by atoms with Gasteiger partial charge in [-0.05, 0) is 147 Å². The van der Waals surface area contributed by atoms with Gasteiger partial charge in [-0.15, -0.1) is 0 Å². The first-order valence-electron chi connectivity index (χ1n) is 22.3. The van der Waals surface area contributed by atoms with Crippen LogP contribution in [-0.2, 0) is 0 Å². The second kappa shape index (κ2) is 15.4. The van der Waals surface area contributed by atoms with Gasteiger partial charge in [-0.3, -0.25) is 0 Å². The predicted molar refractivity (Wildman–Crippen MR) is 273 cm³/mol. The lowest BCUT2D eigenvalue weighted by Crippen LogP contribution is -2.16. The molecule has 4 nitrogen and oxygen atoms in total. The Morgan fingerprint density at radius 3 is 1.78 bits per heavy atom. The fourth-order valence-electron chi connectivity index (χ4n) is 10.3. The summed E-state index contributed by atoms with van der Waals surface area (Å²) >= 11 is 0. The molecule has 312 valence electrons. The molecule has 0 aliphatic heterocycles. The molecule has 2 aromatic heterocycles. The average molecular weight is 831 g/mol. The van der Waals surface area contributed by atoms with Crippen LogP contribution in [0.25, 0.3) is 72.1 Å². The molecule has 8 aromatic carbocycles. The highest BCUT2D eigenvalue weighted by Gasteiger charge is 2.28. The number of fused-ring (bicyclic) bond motifs is 4. The maximum Gasteiger partial charge on any atom is 0.159 e. The van der Waals surface area contributed by atoms with E-state index in [1.807, 2.05) is 13.0 Å².